The maximum absolute atomic E-state index is 13.7. The average Bonchev–Trinajstić information content (AvgIpc) is 2.98. The molecule has 25 heavy (non-hydrogen) atoms. The highest BCUT2D eigenvalue weighted by molar-refractivity contribution is 6.07. The van der Waals surface area contributed by atoms with Crippen molar-refractivity contribution >= 4 is 16.8 Å². The molecule has 3 nitrogen and oxygen atoms in total. The third-order valence-electron chi connectivity index (χ3n) is 5.12. The molecule has 1 fully saturated rings. The first-order valence-electron chi connectivity index (χ1n) is 8.75. The zero-order valence-electron chi connectivity index (χ0n) is 14.3. The zero-order valence-corrected chi connectivity index (χ0v) is 14.3. The van der Waals surface area contributed by atoms with Gasteiger partial charge in [0.1, 0.15) is 5.82 Å². The van der Waals surface area contributed by atoms with E-state index in [1.54, 1.807) is 12.1 Å². The summed E-state index contributed by atoms with van der Waals surface area (Å²) in [5.41, 5.74) is 2.65. The Bertz CT molecular complexity index is 931. The Morgan fingerprint density at radius 2 is 1.96 bits per heavy atom. The Labute approximate surface area is 146 Å². The minimum atomic E-state index is -0.249. The number of nitrogens with zero attached hydrogens (tertiary/aromatic N) is 2. The topological polar surface area (TPSA) is 25.2 Å². The quantitative estimate of drug-likeness (QED) is 0.667. The molecule has 3 aromatic rings. The highest BCUT2D eigenvalue weighted by Crippen LogP contribution is 2.33. The fourth-order valence-electron chi connectivity index (χ4n) is 3.90. The third-order valence-corrected chi connectivity index (χ3v) is 5.12. The van der Waals surface area contributed by atoms with Crippen molar-refractivity contribution in [2.75, 3.05) is 6.54 Å². The number of aryl methyl sites for hydroxylation is 1. The Kier molecular flexibility index (Phi) is 4.04. The summed E-state index contributed by atoms with van der Waals surface area (Å²) in [6.07, 6.45) is 4.83. The Morgan fingerprint density at radius 3 is 2.80 bits per heavy atom. The fraction of sp³-hybridized carbons (Fsp3) is 0.286. The van der Waals surface area contributed by atoms with E-state index >= 15 is 0 Å². The van der Waals surface area contributed by atoms with Gasteiger partial charge in [0.15, 0.2) is 0 Å². The second kappa shape index (κ2) is 6.36. The number of halogens is 1. The van der Waals surface area contributed by atoms with Gasteiger partial charge in [0.05, 0.1) is 11.6 Å². The van der Waals surface area contributed by atoms with E-state index in [1.807, 2.05) is 53.0 Å². The van der Waals surface area contributed by atoms with Gasteiger partial charge in [0, 0.05) is 30.7 Å². The number of amides is 1. The number of para-hydroxylation sites is 1. The number of rotatable bonds is 2. The van der Waals surface area contributed by atoms with Crippen LogP contribution in [0.3, 0.4) is 0 Å². The van der Waals surface area contributed by atoms with Crippen molar-refractivity contribution in [1.82, 2.24) is 9.47 Å². The molecule has 2 heterocycles. The fourth-order valence-corrected chi connectivity index (χ4v) is 3.90. The van der Waals surface area contributed by atoms with Gasteiger partial charge >= 0.3 is 0 Å². The Morgan fingerprint density at radius 1 is 1.12 bits per heavy atom. The summed E-state index contributed by atoms with van der Waals surface area (Å²) in [7, 11) is 1.96. The minimum absolute atomic E-state index is 0.0331. The summed E-state index contributed by atoms with van der Waals surface area (Å²) >= 11 is 0. The molecular formula is C21H21FN2O. The van der Waals surface area contributed by atoms with Crippen molar-refractivity contribution in [2.24, 2.45) is 7.05 Å². The Balaban J connectivity index is 1.74. The molecule has 4 rings (SSSR count). The van der Waals surface area contributed by atoms with Crippen LogP contribution in [0, 0.1) is 5.82 Å². The van der Waals surface area contributed by atoms with Crippen LogP contribution < -0.4 is 0 Å². The van der Waals surface area contributed by atoms with E-state index in [2.05, 4.69) is 0 Å². The van der Waals surface area contributed by atoms with Gasteiger partial charge < -0.3 is 9.47 Å². The van der Waals surface area contributed by atoms with Crippen molar-refractivity contribution in [1.29, 1.82) is 0 Å². The average molecular weight is 336 g/mol. The first-order valence-corrected chi connectivity index (χ1v) is 8.75. The van der Waals surface area contributed by atoms with Crippen LogP contribution in [-0.2, 0) is 7.05 Å². The van der Waals surface area contributed by atoms with Crippen molar-refractivity contribution in [3.63, 3.8) is 0 Å². The summed E-state index contributed by atoms with van der Waals surface area (Å²) in [6.45, 7) is 0.712. The third kappa shape index (κ3) is 2.82. The molecule has 0 aliphatic carbocycles. The van der Waals surface area contributed by atoms with Gasteiger partial charge in [-0.3, -0.25) is 4.79 Å². The first kappa shape index (κ1) is 15.9. The number of carbonyl (C=O) groups excluding carboxylic acids is 1. The molecular weight excluding hydrogens is 315 g/mol. The van der Waals surface area contributed by atoms with Gasteiger partial charge in [-0.05, 0) is 43.0 Å². The van der Waals surface area contributed by atoms with Gasteiger partial charge in [0.25, 0.3) is 5.91 Å². The largest absolute Gasteiger partial charge is 0.350 e. The lowest BCUT2D eigenvalue weighted by molar-refractivity contribution is 0.0613. The predicted molar refractivity (Wildman–Crippen MR) is 96.9 cm³/mol. The Hall–Kier alpha value is -2.62. The first-order chi connectivity index (χ1) is 12.1. The maximum Gasteiger partial charge on any atom is 0.256 e. The summed E-state index contributed by atoms with van der Waals surface area (Å²) < 4.78 is 15.7. The highest BCUT2D eigenvalue weighted by Gasteiger charge is 2.30. The van der Waals surface area contributed by atoms with Gasteiger partial charge in [-0.1, -0.05) is 30.3 Å². The van der Waals surface area contributed by atoms with E-state index in [1.165, 1.54) is 6.07 Å². The van der Waals surface area contributed by atoms with Crippen LogP contribution in [0.1, 0.15) is 41.2 Å². The number of likely N-dealkylation sites (tertiary alicyclic amines) is 1. The summed E-state index contributed by atoms with van der Waals surface area (Å²) in [5, 5.41) is 0.971. The smallest absolute Gasteiger partial charge is 0.256 e. The van der Waals surface area contributed by atoms with Crippen LogP contribution in [0.4, 0.5) is 4.39 Å². The molecule has 4 heteroatoms. The molecule has 1 unspecified atom stereocenters. The molecule has 128 valence electrons. The monoisotopic (exact) mass is 336 g/mol. The van der Waals surface area contributed by atoms with Crippen molar-refractivity contribution in [2.45, 2.75) is 25.3 Å². The van der Waals surface area contributed by atoms with Gasteiger partial charge in [-0.25, -0.2) is 4.39 Å². The molecule has 0 radical (unpaired) electrons. The van der Waals surface area contributed by atoms with Crippen LogP contribution in [-0.4, -0.2) is 21.9 Å². The SMILES string of the molecule is Cn1cc(C(=O)N2CCCCC2c2cccc(F)c2)c2ccccc21. The van der Waals surface area contributed by atoms with Crippen molar-refractivity contribution in [3.8, 4) is 0 Å². The molecule has 0 bridgehead atoms. The second-order valence-corrected chi connectivity index (χ2v) is 6.74. The summed E-state index contributed by atoms with van der Waals surface area (Å²) in [5.74, 6) is -0.216. The second-order valence-electron chi connectivity index (χ2n) is 6.74. The molecule has 1 atom stereocenters. The zero-order chi connectivity index (χ0) is 17.4. The summed E-state index contributed by atoms with van der Waals surface area (Å²) in [4.78, 5) is 15.2. The number of hydrogen-bond acceptors (Lipinski definition) is 1. The van der Waals surface area contributed by atoms with Crippen LogP contribution in [0.5, 0.6) is 0 Å². The normalized spacial score (nSPS) is 17.8. The number of aromatic nitrogens is 1. The maximum atomic E-state index is 13.7. The van der Waals surface area contributed by atoms with Gasteiger partial charge in [-0.15, -0.1) is 0 Å². The molecule has 1 aliphatic heterocycles. The lowest BCUT2D eigenvalue weighted by Crippen LogP contribution is -2.38. The number of benzene rings is 2. The molecule has 1 amide bonds. The van der Waals surface area contributed by atoms with E-state index in [0.717, 1.165) is 41.3 Å². The molecule has 0 N–H and O–H groups in total. The minimum Gasteiger partial charge on any atom is -0.350 e. The molecule has 2 aromatic carbocycles. The van der Waals surface area contributed by atoms with Gasteiger partial charge in [-0.2, -0.15) is 0 Å². The van der Waals surface area contributed by atoms with E-state index in [4.69, 9.17) is 0 Å². The van der Waals surface area contributed by atoms with E-state index in [0.29, 0.717) is 6.54 Å². The number of fused-ring (bicyclic) bond motifs is 1. The van der Waals surface area contributed by atoms with Crippen molar-refractivity contribution < 1.29 is 9.18 Å². The van der Waals surface area contributed by atoms with Crippen LogP contribution >= 0.6 is 0 Å². The molecule has 1 saturated heterocycles. The lowest BCUT2D eigenvalue weighted by atomic mass is 9.94. The lowest BCUT2D eigenvalue weighted by Gasteiger charge is -2.36. The summed E-state index contributed by atoms with van der Waals surface area (Å²) in [6, 6.07) is 14.5. The molecule has 0 spiro atoms. The molecule has 1 aliphatic rings. The van der Waals surface area contributed by atoms with Crippen LogP contribution in [0.2, 0.25) is 0 Å². The number of hydrogen-bond donors (Lipinski definition) is 0. The molecule has 0 saturated carbocycles. The van der Waals surface area contributed by atoms with Crippen LogP contribution in [0.15, 0.2) is 54.7 Å². The highest BCUT2D eigenvalue weighted by atomic mass is 19.1. The standard InChI is InChI=1S/C21H21FN2O/c1-23-14-18(17-9-2-3-11-20(17)23)21(25)24-12-5-4-10-19(24)15-7-6-8-16(22)13-15/h2-3,6-9,11,13-14,19H,4-5,10,12H2,1H3. The number of carbonyl (C=O) groups is 1. The van der Waals surface area contributed by atoms with Gasteiger partial charge in [0.2, 0.25) is 0 Å². The van der Waals surface area contributed by atoms with E-state index in [-0.39, 0.29) is 17.8 Å². The van der Waals surface area contributed by atoms with E-state index in [9.17, 15) is 9.18 Å². The molecule has 1 aromatic heterocycles. The van der Waals surface area contributed by atoms with Crippen LogP contribution in [0.25, 0.3) is 10.9 Å². The van der Waals surface area contributed by atoms with Crippen molar-refractivity contribution in [3.05, 3.63) is 71.7 Å². The van der Waals surface area contributed by atoms with E-state index < -0.39 is 0 Å². The predicted octanol–water partition coefficient (Wildman–Crippen LogP) is 4.68. The number of piperidine rings is 1.